The van der Waals surface area contributed by atoms with Gasteiger partial charge in [0, 0.05) is 24.3 Å². The van der Waals surface area contributed by atoms with Crippen LogP contribution in [0.15, 0.2) is 12.7 Å². The van der Waals surface area contributed by atoms with Crippen LogP contribution in [-0.2, 0) is 14.3 Å². The van der Waals surface area contributed by atoms with Crippen molar-refractivity contribution in [3.63, 3.8) is 0 Å². The largest absolute Gasteiger partial charge is 0.459 e. The summed E-state index contributed by atoms with van der Waals surface area (Å²) in [5, 5.41) is 0. The summed E-state index contributed by atoms with van der Waals surface area (Å²) in [4.78, 5) is 23.7. The summed E-state index contributed by atoms with van der Waals surface area (Å²) in [6.45, 7) is 8.40. The molecule has 0 bridgehead atoms. The molecule has 0 N–H and O–H groups in total. The highest BCUT2D eigenvalue weighted by atomic mass is 16.5. The van der Waals surface area contributed by atoms with Crippen LogP contribution in [0.25, 0.3) is 0 Å². The molecule has 4 aliphatic carbocycles. The van der Waals surface area contributed by atoms with Crippen LogP contribution in [0.1, 0.15) is 71.6 Å². The molecule has 0 unspecified atom stereocenters. The molecule has 0 aromatic rings. The van der Waals surface area contributed by atoms with Crippen LogP contribution in [-0.4, -0.2) is 17.9 Å². The van der Waals surface area contributed by atoms with Crippen LogP contribution in [0.5, 0.6) is 0 Å². The maximum absolute atomic E-state index is 12.0. The van der Waals surface area contributed by atoms with E-state index in [1.54, 1.807) is 0 Å². The number of hydrogen-bond acceptors (Lipinski definition) is 3. The quantitative estimate of drug-likeness (QED) is 0.539. The minimum atomic E-state index is -0.268. The van der Waals surface area contributed by atoms with Crippen molar-refractivity contribution in [1.29, 1.82) is 0 Å². The third kappa shape index (κ3) is 2.52. The number of ether oxygens (including phenoxy) is 1. The van der Waals surface area contributed by atoms with Gasteiger partial charge < -0.3 is 4.74 Å². The summed E-state index contributed by atoms with van der Waals surface area (Å²) in [7, 11) is 0. The Hall–Kier alpha value is -1.12. The normalized spacial score (nSPS) is 48.9. The van der Waals surface area contributed by atoms with Gasteiger partial charge in [0.2, 0.25) is 0 Å². The second kappa shape index (κ2) is 5.96. The standard InChI is InChI=1S/C22H32O3/c1-4-20(24)25-19-8-7-17-16-6-5-14-13-15(23)9-11-21(14,2)18(16)10-12-22(17,19)3/h4,14,16-19H,1,5-13H2,2-3H3/t14-,16+,17-,18+,19+,21+,22+/m1/s1. The van der Waals surface area contributed by atoms with Gasteiger partial charge in [-0.2, -0.15) is 0 Å². The highest BCUT2D eigenvalue weighted by Crippen LogP contribution is 2.66. The van der Waals surface area contributed by atoms with E-state index in [0.29, 0.717) is 23.0 Å². The van der Waals surface area contributed by atoms with E-state index in [9.17, 15) is 9.59 Å². The summed E-state index contributed by atoms with van der Waals surface area (Å²) in [6.07, 6.45) is 11.1. The van der Waals surface area contributed by atoms with Crippen molar-refractivity contribution in [3.05, 3.63) is 12.7 Å². The Morgan fingerprint density at radius 3 is 2.60 bits per heavy atom. The van der Waals surface area contributed by atoms with Crippen molar-refractivity contribution in [2.24, 2.45) is 34.5 Å². The third-order valence-corrected chi connectivity index (χ3v) is 8.82. The number of rotatable bonds is 2. The molecular weight excluding hydrogens is 312 g/mol. The molecule has 0 radical (unpaired) electrons. The van der Waals surface area contributed by atoms with E-state index in [0.717, 1.165) is 43.9 Å². The minimum absolute atomic E-state index is 0.0578. The second-order valence-electron chi connectivity index (χ2n) is 9.65. The lowest BCUT2D eigenvalue weighted by Gasteiger charge is -2.60. The lowest BCUT2D eigenvalue weighted by Crippen LogP contribution is -2.54. The molecule has 3 heteroatoms. The Balaban J connectivity index is 1.57. The molecule has 4 aliphatic rings. The lowest BCUT2D eigenvalue weighted by atomic mass is 9.45. The molecule has 0 spiro atoms. The molecular formula is C22H32O3. The van der Waals surface area contributed by atoms with Crippen LogP contribution in [0.2, 0.25) is 0 Å². The number of hydrogen-bond donors (Lipinski definition) is 0. The fourth-order valence-corrected chi connectivity index (χ4v) is 7.38. The van der Waals surface area contributed by atoms with Gasteiger partial charge in [0.1, 0.15) is 11.9 Å². The van der Waals surface area contributed by atoms with Gasteiger partial charge in [-0.05, 0) is 74.0 Å². The van der Waals surface area contributed by atoms with E-state index in [-0.39, 0.29) is 17.5 Å². The van der Waals surface area contributed by atoms with Gasteiger partial charge in [0.05, 0.1) is 0 Å². The van der Waals surface area contributed by atoms with Gasteiger partial charge in [0.25, 0.3) is 0 Å². The first-order valence-corrected chi connectivity index (χ1v) is 10.2. The van der Waals surface area contributed by atoms with Crippen LogP contribution in [0, 0.1) is 34.5 Å². The minimum Gasteiger partial charge on any atom is -0.459 e. The number of carbonyl (C=O) groups excluding carboxylic acids is 2. The molecule has 4 saturated carbocycles. The number of carbonyl (C=O) groups is 2. The second-order valence-corrected chi connectivity index (χ2v) is 9.65. The zero-order chi connectivity index (χ0) is 17.8. The third-order valence-electron chi connectivity index (χ3n) is 8.82. The van der Waals surface area contributed by atoms with Crippen LogP contribution in [0.3, 0.4) is 0 Å². The van der Waals surface area contributed by atoms with Crippen LogP contribution >= 0.6 is 0 Å². The zero-order valence-electron chi connectivity index (χ0n) is 15.8. The first-order valence-electron chi connectivity index (χ1n) is 10.2. The molecule has 0 heterocycles. The van der Waals surface area contributed by atoms with E-state index in [1.807, 2.05) is 0 Å². The van der Waals surface area contributed by atoms with Gasteiger partial charge in [-0.1, -0.05) is 20.4 Å². The fraction of sp³-hybridized carbons (Fsp3) is 0.818. The Labute approximate surface area is 151 Å². The first-order chi connectivity index (χ1) is 11.9. The average Bonchev–Trinajstić information content (AvgIpc) is 2.92. The zero-order valence-corrected chi connectivity index (χ0v) is 15.8. The summed E-state index contributed by atoms with van der Waals surface area (Å²) in [5.74, 6) is 3.00. The summed E-state index contributed by atoms with van der Waals surface area (Å²) >= 11 is 0. The summed E-state index contributed by atoms with van der Waals surface area (Å²) < 4.78 is 5.76. The monoisotopic (exact) mass is 344 g/mol. The van der Waals surface area contributed by atoms with Crippen molar-refractivity contribution in [2.75, 3.05) is 0 Å². The van der Waals surface area contributed by atoms with Crippen LogP contribution in [0.4, 0.5) is 0 Å². The highest BCUT2D eigenvalue weighted by molar-refractivity contribution is 5.81. The van der Waals surface area contributed by atoms with Crippen molar-refractivity contribution in [3.8, 4) is 0 Å². The van der Waals surface area contributed by atoms with E-state index >= 15 is 0 Å². The van der Waals surface area contributed by atoms with Gasteiger partial charge in [-0.25, -0.2) is 4.79 Å². The lowest BCUT2D eigenvalue weighted by molar-refractivity contribution is -0.159. The van der Waals surface area contributed by atoms with Gasteiger partial charge in [0.15, 0.2) is 0 Å². The summed E-state index contributed by atoms with van der Waals surface area (Å²) in [5.41, 5.74) is 0.488. The molecule has 0 saturated heterocycles. The number of fused-ring (bicyclic) bond motifs is 5. The molecule has 0 aliphatic heterocycles. The molecule has 0 aromatic carbocycles. The van der Waals surface area contributed by atoms with Crippen LogP contribution < -0.4 is 0 Å². The van der Waals surface area contributed by atoms with Crippen molar-refractivity contribution >= 4 is 11.8 Å². The Morgan fingerprint density at radius 2 is 1.84 bits per heavy atom. The predicted octanol–water partition coefficient (Wildman–Crippen LogP) is 4.70. The molecule has 4 fully saturated rings. The Bertz CT molecular complexity index is 596. The molecule has 4 rings (SSSR count). The van der Waals surface area contributed by atoms with Gasteiger partial charge >= 0.3 is 5.97 Å². The number of ketones is 1. The van der Waals surface area contributed by atoms with E-state index < -0.39 is 0 Å². The van der Waals surface area contributed by atoms with Crippen molar-refractivity contribution in [1.82, 2.24) is 0 Å². The average molecular weight is 344 g/mol. The smallest absolute Gasteiger partial charge is 0.330 e. The maximum atomic E-state index is 12.0. The highest BCUT2D eigenvalue weighted by Gasteiger charge is 2.61. The fourth-order valence-electron chi connectivity index (χ4n) is 7.38. The molecule has 0 aromatic heterocycles. The van der Waals surface area contributed by atoms with Gasteiger partial charge in [-0.3, -0.25) is 4.79 Å². The van der Waals surface area contributed by atoms with E-state index in [1.165, 1.54) is 31.8 Å². The topological polar surface area (TPSA) is 43.4 Å². The first kappa shape index (κ1) is 17.3. The molecule has 0 amide bonds. The molecule has 3 nitrogen and oxygen atoms in total. The Kier molecular flexibility index (Phi) is 4.12. The van der Waals surface area contributed by atoms with E-state index in [2.05, 4.69) is 20.4 Å². The van der Waals surface area contributed by atoms with E-state index in [4.69, 9.17) is 4.74 Å². The Morgan fingerprint density at radius 1 is 1.08 bits per heavy atom. The van der Waals surface area contributed by atoms with Crippen molar-refractivity contribution < 1.29 is 14.3 Å². The molecule has 138 valence electrons. The SMILES string of the molecule is C=CC(=O)O[C@H]1CC[C@@H]2[C@@H]3CC[C@@H]4CC(=O)CC[C@]4(C)[C@H]3CC[C@]12C. The summed E-state index contributed by atoms with van der Waals surface area (Å²) in [6, 6.07) is 0. The number of esters is 1. The van der Waals surface area contributed by atoms with Crippen molar-refractivity contribution in [2.45, 2.75) is 77.7 Å². The predicted molar refractivity (Wildman–Crippen MR) is 96.8 cm³/mol. The molecule has 7 atom stereocenters. The van der Waals surface area contributed by atoms with Gasteiger partial charge in [-0.15, -0.1) is 0 Å². The molecule has 25 heavy (non-hydrogen) atoms. The maximum Gasteiger partial charge on any atom is 0.330 e. The number of Topliss-reactive ketones (excluding diaryl/α,β-unsaturated/α-hetero) is 1.